The van der Waals surface area contributed by atoms with Crippen LogP contribution in [0.4, 0.5) is 24.5 Å². The van der Waals surface area contributed by atoms with Crippen LogP contribution in [0.1, 0.15) is 24.3 Å². The lowest BCUT2D eigenvalue weighted by Crippen LogP contribution is -2.42. The van der Waals surface area contributed by atoms with Crippen molar-refractivity contribution in [3.8, 4) is 0 Å². The summed E-state index contributed by atoms with van der Waals surface area (Å²) in [5.74, 6) is -3.14. The second-order valence-corrected chi connectivity index (χ2v) is 12.4. The first-order chi connectivity index (χ1) is 18.2. The molecule has 1 fully saturated rings. The number of thiazole rings is 1. The number of halogens is 5. The molecule has 1 saturated heterocycles. The fraction of sp³-hybridized carbons (Fsp3) is 0.280. The van der Waals surface area contributed by atoms with Crippen LogP contribution in [0.3, 0.4) is 0 Å². The van der Waals surface area contributed by atoms with Gasteiger partial charge in [0.25, 0.3) is 0 Å². The van der Waals surface area contributed by atoms with Gasteiger partial charge in [0.05, 0.1) is 32.2 Å². The smallest absolute Gasteiger partial charge is 0.324 e. The molecule has 2 aliphatic rings. The summed E-state index contributed by atoms with van der Waals surface area (Å²) in [7, 11) is 0. The second-order valence-electron chi connectivity index (χ2n) is 9.53. The van der Waals surface area contributed by atoms with Gasteiger partial charge < -0.3 is 5.32 Å². The molecule has 0 unspecified atom stereocenters. The zero-order chi connectivity index (χ0) is 28.4. The van der Waals surface area contributed by atoms with Crippen LogP contribution >= 0.6 is 46.3 Å². The Bertz CT molecular complexity index is 1600. The Labute approximate surface area is 237 Å². The van der Waals surface area contributed by atoms with E-state index >= 15 is 0 Å². The average Bonchev–Trinajstić information content (AvgIpc) is 3.30. The van der Waals surface area contributed by atoms with Crippen LogP contribution in [-0.2, 0) is 32.5 Å². The largest absolute Gasteiger partial charge is 0.418 e. The number of thioether (sulfide) groups is 1. The molecule has 0 bridgehead atoms. The number of amides is 3. The first kappa shape index (κ1) is 27.8. The van der Waals surface area contributed by atoms with Crippen molar-refractivity contribution in [2.45, 2.75) is 42.3 Å². The zero-order valence-electron chi connectivity index (χ0n) is 20.1. The molecule has 2 aliphatic heterocycles. The fourth-order valence-corrected chi connectivity index (χ4v) is 8.17. The van der Waals surface area contributed by atoms with Crippen molar-refractivity contribution in [3.05, 3.63) is 72.6 Å². The van der Waals surface area contributed by atoms with Crippen LogP contribution in [0.5, 0.6) is 0 Å². The third-order valence-corrected chi connectivity index (χ3v) is 10.2. The number of hydrogen-bond acceptors (Lipinski definition) is 6. The maximum absolute atomic E-state index is 13.7. The number of imide groups is 1. The Hall–Kier alpha value is -2.80. The molecule has 0 spiro atoms. The van der Waals surface area contributed by atoms with Crippen LogP contribution in [0.2, 0.25) is 10.0 Å². The molecule has 5 rings (SSSR count). The highest BCUT2D eigenvalue weighted by Crippen LogP contribution is 2.55. The van der Waals surface area contributed by atoms with E-state index in [0.29, 0.717) is 25.5 Å². The summed E-state index contributed by atoms with van der Waals surface area (Å²) in [5.41, 5.74) is -2.35. The summed E-state index contributed by atoms with van der Waals surface area (Å²) in [6.07, 6.45) is -4.78. The maximum atomic E-state index is 13.7. The number of rotatable bonds is 4. The van der Waals surface area contributed by atoms with Gasteiger partial charge in [0.1, 0.15) is 11.8 Å². The van der Waals surface area contributed by atoms with Crippen molar-refractivity contribution >= 4 is 75.4 Å². The molecule has 3 heterocycles. The molecule has 3 aromatic rings. The fourth-order valence-electron chi connectivity index (χ4n) is 4.83. The summed E-state index contributed by atoms with van der Waals surface area (Å²) in [6.45, 7) is 2.95. The minimum atomic E-state index is -4.78. The number of nitrogens with one attached hydrogen (secondary N) is 1. The van der Waals surface area contributed by atoms with Gasteiger partial charge in [-0.25, -0.2) is 4.90 Å². The Morgan fingerprint density at radius 2 is 1.74 bits per heavy atom. The van der Waals surface area contributed by atoms with Crippen molar-refractivity contribution < 1.29 is 27.6 Å². The Balaban J connectivity index is 1.48. The van der Waals surface area contributed by atoms with Crippen LogP contribution in [-0.4, -0.2) is 27.5 Å². The van der Waals surface area contributed by atoms with E-state index in [-0.39, 0.29) is 5.02 Å². The summed E-state index contributed by atoms with van der Waals surface area (Å²) in [4.78, 5) is 53.4. The van der Waals surface area contributed by atoms with Gasteiger partial charge in [-0.2, -0.15) is 13.2 Å². The van der Waals surface area contributed by atoms with Crippen molar-refractivity contribution in [1.82, 2.24) is 4.57 Å². The van der Waals surface area contributed by atoms with E-state index in [1.807, 2.05) is 0 Å². The third kappa shape index (κ3) is 4.66. The van der Waals surface area contributed by atoms with E-state index in [1.54, 1.807) is 13.8 Å². The molecule has 0 aliphatic carbocycles. The number of anilines is 2. The number of fused-ring (bicyclic) bond motifs is 2. The molecule has 7 nitrogen and oxygen atoms in total. The number of carbonyl (C=O) groups excluding carboxylic acids is 3. The molecule has 14 heteroatoms. The monoisotopic (exact) mass is 615 g/mol. The number of carbonyl (C=O) groups is 3. The summed E-state index contributed by atoms with van der Waals surface area (Å²) >= 11 is 13.7. The Morgan fingerprint density at radius 3 is 2.41 bits per heavy atom. The summed E-state index contributed by atoms with van der Waals surface area (Å²) in [6, 6.07) is 8.91. The highest BCUT2D eigenvalue weighted by atomic mass is 35.5. The van der Waals surface area contributed by atoms with Gasteiger partial charge in [0, 0.05) is 16.0 Å². The highest BCUT2D eigenvalue weighted by molar-refractivity contribution is 8.00. The lowest BCUT2D eigenvalue weighted by molar-refractivity contribution is -0.137. The normalized spacial score (nSPS) is 20.1. The van der Waals surface area contributed by atoms with Gasteiger partial charge in [-0.05, 0) is 30.3 Å². The standard InChI is InChI=1S/C25H18Cl2F3N3O4S2/c1-24(2)17-18(21(36)33(20(17)35)15-6-4-3-5-12(15)25(28,29)30)38-22-19(24)39-23(37)32(22)10-16(34)31-11-7-8-13(26)14(27)9-11/h3-9,17-18H,10H2,1-2H3,(H,31,34)/t17-,18+/m1/s1. The first-order valence-corrected chi connectivity index (χ1v) is 13.9. The zero-order valence-corrected chi connectivity index (χ0v) is 23.3. The molecular formula is C25H18Cl2F3N3O4S2. The molecule has 3 amide bonds. The van der Waals surface area contributed by atoms with E-state index in [2.05, 4.69) is 5.32 Å². The van der Waals surface area contributed by atoms with Gasteiger partial charge in [-0.1, -0.05) is 72.3 Å². The average molecular weight is 616 g/mol. The number of para-hydroxylation sites is 1. The quantitative estimate of drug-likeness (QED) is 0.374. The number of benzene rings is 2. The summed E-state index contributed by atoms with van der Waals surface area (Å²) < 4.78 is 42.4. The van der Waals surface area contributed by atoms with Crippen LogP contribution < -0.4 is 15.1 Å². The van der Waals surface area contributed by atoms with Crippen molar-refractivity contribution in [3.63, 3.8) is 0 Å². The molecule has 0 radical (unpaired) electrons. The maximum Gasteiger partial charge on any atom is 0.418 e. The van der Waals surface area contributed by atoms with Gasteiger partial charge in [0.15, 0.2) is 0 Å². The van der Waals surface area contributed by atoms with Crippen molar-refractivity contribution in [2.75, 3.05) is 10.2 Å². The van der Waals surface area contributed by atoms with Gasteiger partial charge in [-0.3, -0.25) is 23.7 Å². The van der Waals surface area contributed by atoms with Gasteiger partial charge >= 0.3 is 11.0 Å². The Morgan fingerprint density at radius 1 is 1.05 bits per heavy atom. The molecule has 39 heavy (non-hydrogen) atoms. The lowest BCUT2D eigenvalue weighted by atomic mass is 9.76. The lowest BCUT2D eigenvalue weighted by Gasteiger charge is -2.36. The van der Waals surface area contributed by atoms with E-state index in [1.165, 1.54) is 34.9 Å². The van der Waals surface area contributed by atoms with Crippen LogP contribution in [0, 0.1) is 5.92 Å². The molecule has 0 saturated carbocycles. The van der Waals surface area contributed by atoms with Crippen molar-refractivity contribution in [1.29, 1.82) is 0 Å². The second kappa shape index (κ2) is 9.69. The van der Waals surface area contributed by atoms with E-state index in [9.17, 15) is 32.3 Å². The predicted octanol–water partition coefficient (Wildman–Crippen LogP) is 5.82. The van der Waals surface area contributed by atoms with Crippen LogP contribution in [0.15, 0.2) is 52.3 Å². The van der Waals surface area contributed by atoms with Gasteiger partial charge in [-0.15, -0.1) is 0 Å². The topological polar surface area (TPSA) is 88.5 Å². The highest BCUT2D eigenvalue weighted by Gasteiger charge is 2.60. The number of nitrogens with zero attached hydrogens (tertiary/aromatic N) is 2. The first-order valence-electron chi connectivity index (χ1n) is 11.4. The SMILES string of the molecule is CC1(C)c2sc(=O)n(CC(=O)Nc3ccc(Cl)c(Cl)c3)c2S[C@@H]2C(=O)N(c3ccccc3C(F)(F)F)C(=O)[C@@H]21. The third-order valence-electron chi connectivity index (χ3n) is 6.66. The van der Waals surface area contributed by atoms with Crippen LogP contribution in [0.25, 0.3) is 0 Å². The molecule has 2 aromatic carbocycles. The Kier molecular flexibility index (Phi) is 6.89. The van der Waals surface area contributed by atoms with Gasteiger partial charge in [0.2, 0.25) is 17.7 Å². The molecule has 2 atom stereocenters. The molecule has 1 N–H and O–H groups in total. The van der Waals surface area contributed by atoms with Crippen molar-refractivity contribution in [2.24, 2.45) is 5.92 Å². The summed E-state index contributed by atoms with van der Waals surface area (Å²) in [5, 5.41) is 2.40. The number of hydrogen-bond donors (Lipinski definition) is 1. The predicted molar refractivity (Wildman–Crippen MR) is 144 cm³/mol. The minimum Gasteiger partial charge on any atom is -0.324 e. The van der Waals surface area contributed by atoms with E-state index in [4.69, 9.17) is 23.2 Å². The molecular weight excluding hydrogens is 598 g/mol. The molecule has 1 aromatic heterocycles. The minimum absolute atomic E-state index is 0.226. The number of aromatic nitrogens is 1. The van der Waals surface area contributed by atoms with E-state index < -0.39 is 63.1 Å². The number of alkyl halides is 3. The molecule has 204 valence electrons. The van der Waals surface area contributed by atoms with E-state index in [0.717, 1.165) is 35.2 Å².